The Balaban J connectivity index is 1.67. The minimum absolute atomic E-state index is 0.207. The number of nitrogens with zero attached hydrogens (tertiary/aromatic N) is 2. The minimum atomic E-state index is -0.584. The third kappa shape index (κ3) is 5.62. The lowest BCUT2D eigenvalue weighted by molar-refractivity contribution is 0.0549. The summed E-state index contributed by atoms with van der Waals surface area (Å²) in [6.45, 7) is 4.64. The summed E-state index contributed by atoms with van der Waals surface area (Å²) in [6.07, 6.45) is -0.584. The largest absolute Gasteiger partial charge is 0.491 e. The molecule has 1 aliphatic rings. The molecule has 0 amide bonds. The predicted molar refractivity (Wildman–Crippen MR) is 85.0 cm³/mol. The van der Waals surface area contributed by atoms with Crippen molar-refractivity contribution in [3.8, 4) is 5.75 Å². The van der Waals surface area contributed by atoms with E-state index in [2.05, 4.69) is 22.4 Å². The summed E-state index contributed by atoms with van der Waals surface area (Å²) in [7, 11) is 2.11. The molecular formula is C14H21Cl2N3O2. The normalized spacial score (nSPS) is 18.7. The van der Waals surface area contributed by atoms with Crippen LogP contribution in [-0.4, -0.2) is 67.5 Å². The maximum atomic E-state index is 9.93. The van der Waals surface area contributed by atoms with Crippen LogP contribution in [0.15, 0.2) is 18.2 Å². The predicted octanol–water partition coefficient (Wildman–Crippen LogP) is 1.49. The molecule has 1 aromatic carbocycles. The van der Waals surface area contributed by atoms with E-state index in [1.54, 1.807) is 18.2 Å². The van der Waals surface area contributed by atoms with Gasteiger partial charge < -0.3 is 14.7 Å². The van der Waals surface area contributed by atoms with E-state index < -0.39 is 6.10 Å². The van der Waals surface area contributed by atoms with Crippen LogP contribution in [0.5, 0.6) is 5.75 Å². The monoisotopic (exact) mass is 333 g/mol. The molecule has 0 saturated carbocycles. The Bertz CT molecular complexity index is 454. The number of aliphatic hydroxyl groups is 1. The molecule has 1 aliphatic heterocycles. The molecule has 2 N–H and O–H groups in total. The molecule has 7 heteroatoms. The molecule has 1 saturated heterocycles. The molecule has 5 nitrogen and oxygen atoms in total. The van der Waals surface area contributed by atoms with Gasteiger partial charge in [-0.1, -0.05) is 23.2 Å². The van der Waals surface area contributed by atoms with Crippen molar-refractivity contribution < 1.29 is 9.84 Å². The second-order valence-corrected chi connectivity index (χ2v) is 6.01. The number of benzene rings is 1. The third-order valence-corrected chi connectivity index (χ3v) is 4.13. The molecule has 1 heterocycles. The first kappa shape index (κ1) is 16.8. The molecule has 118 valence electrons. The summed E-state index contributed by atoms with van der Waals surface area (Å²) in [5.41, 5.74) is 3.23. The molecule has 0 radical (unpaired) electrons. The van der Waals surface area contributed by atoms with Crippen molar-refractivity contribution in [2.24, 2.45) is 0 Å². The lowest BCUT2D eigenvalue weighted by Gasteiger charge is -2.33. The number of piperazine rings is 1. The van der Waals surface area contributed by atoms with Gasteiger partial charge in [-0.25, -0.2) is 5.01 Å². The van der Waals surface area contributed by atoms with Gasteiger partial charge in [-0.3, -0.25) is 5.43 Å². The summed E-state index contributed by atoms with van der Waals surface area (Å²) < 4.78 is 5.50. The van der Waals surface area contributed by atoms with E-state index in [4.69, 9.17) is 27.9 Å². The highest BCUT2D eigenvalue weighted by Crippen LogP contribution is 2.26. The second kappa shape index (κ2) is 8.17. The van der Waals surface area contributed by atoms with Gasteiger partial charge in [-0.2, -0.15) is 0 Å². The minimum Gasteiger partial charge on any atom is -0.491 e. The van der Waals surface area contributed by atoms with E-state index in [0.717, 1.165) is 26.2 Å². The highest BCUT2D eigenvalue weighted by Gasteiger charge is 2.14. The van der Waals surface area contributed by atoms with Crippen LogP contribution in [0, 0.1) is 0 Å². The zero-order valence-corrected chi connectivity index (χ0v) is 13.6. The Morgan fingerprint density at radius 3 is 2.62 bits per heavy atom. The van der Waals surface area contributed by atoms with Gasteiger partial charge in [0.05, 0.1) is 10.0 Å². The molecule has 1 unspecified atom stereocenters. The summed E-state index contributed by atoms with van der Waals surface area (Å²) in [5, 5.41) is 13.0. The first-order valence-electron chi connectivity index (χ1n) is 6.97. The molecule has 1 fully saturated rings. The van der Waals surface area contributed by atoms with Gasteiger partial charge in [0.15, 0.2) is 0 Å². The summed E-state index contributed by atoms with van der Waals surface area (Å²) in [4.78, 5) is 2.28. The number of likely N-dealkylation sites (N-methyl/N-ethyl adjacent to an activating group) is 1. The topological polar surface area (TPSA) is 48.0 Å². The number of hydrogen-bond acceptors (Lipinski definition) is 5. The number of halogens is 2. The first-order valence-corrected chi connectivity index (χ1v) is 7.73. The number of hydrogen-bond donors (Lipinski definition) is 2. The fourth-order valence-electron chi connectivity index (χ4n) is 2.02. The first-order chi connectivity index (χ1) is 10.0. The molecule has 0 aliphatic carbocycles. The summed E-state index contributed by atoms with van der Waals surface area (Å²) in [5.74, 6) is 0.600. The summed E-state index contributed by atoms with van der Waals surface area (Å²) >= 11 is 11.7. The molecule has 0 aromatic heterocycles. The van der Waals surface area contributed by atoms with Gasteiger partial charge in [-0.15, -0.1) is 0 Å². The van der Waals surface area contributed by atoms with Gasteiger partial charge in [0.1, 0.15) is 18.5 Å². The van der Waals surface area contributed by atoms with Gasteiger partial charge >= 0.3 is 0 Å². The van der Waals surface area contributed by atoms with Crippen molar-refractivity contribution >= 4 is 23.2 Å². The second-order valence-electron chi connectivity index (χ2n) is 5.19. The third-order valence-electron chi connectivity index (χ3n) is 3.39. The SMILES string of the molecule is CN1CCN(NCC(O)COc2ccc(Cl)c(Cl)c2)CC1. The number of aliphatic hydroxyl groups excluding tert-OH is 1. The molecule has 1 atom stereocenters. The van der Waals surface area contributed by atoms with Crippen LogP contribution in [0.3, 0.4) is 0 Å². The van der Waals surface area contributed by atoms with Gasteiger partial charge in [0, 0.05) is 38.8 Å². The highest BCUT2D eigenvalue weighted by atomic mass is 35.5. The van der Waals surface area contributed by atoms with E-state index in [1.807, 2.05) is 0 Å². The zero-order valence-electron chi connectivity index (χ0n) is 12.1. The summed E-state index contributed by atoms with van der Waals surface area (Å²) in [6, 6.07) is 5.05. The Hall–Kier alpha value is -0.560. The molecule has 1 aromatic rings. The number of hydrazine groups is 1. The van der Waals surface area contributed by atoms with Crippen molar-refractivity contribution in [1.82, 2.24) is 15.3 Å². The van der Waals surface area contributed by atoms with Crippen LogP contribution in [0.2, 0.25) is 10.0 Å². The van der Waals surface area contributed by atoms with E-state index in [0.29, 0.717) is 22.3 Å². The molecule has 2 rings (SSSR count). The molecule has 0 spiro atoms. The lowest BCUT2D eigenvalue weighted by Crippen LogP contribution is -2.52. The lowest BCUT2D eigenvalue weighted by atomic mass is 10.3. The Labute approximate surface area is 135 Å². The van der Waals surface area contributed by atoms with Crippen LogP contribution in [0.25, 0.3) is 0 Å². The van der Waals surface area contributed by atoms with Crippen LogP contribution >= 0.6 is 23.2 Å². The van der Waals surface area contributed by atoms with Gasteiger partial charge in [0.2, 0.25) is 0 Å². The molecular weight excluding hydrogens is 313 g/mol. The van der Waals surface area contributed by atoms with Crippen molar-refractivity contribution in [1.29, 1.82) is 0 Å². The smallest absolute Gasteiger partial charge is 0.121 e. The maximum absolute atomic E-state index is 9.93. The van der Waals surface area contributed by atoms with Crippen molar-refractivity contribution in [2.45, 2.75) is 6.10 Å². The number of rotatable bonds is 6. The van der Waals surface area contributed by atoms with Crippen LogP contribution in [0.1, 0.15) is 0 Å². The Morgan fingerprint density at radius 2 is 1.95 bits per heavy atom. The average molecular weight is 334 g/mol. The van der Waals surface area contributed by atoms with Gasteiger partial charge in [-0.05, 0) is 19.2 Å². The zero-order chi connectivity index (χ0) is 15.2. The highest BCUT2D eigenvalue weighted by molar-refractivity contribution is 6.42. The molecule has 0 bridgehead atoms. The van der Waals surface area contributed by atoms with E-state index in [1.165, 1.54) is 0 Å². The standard InChI is InChI=1S/C14H21Cl2N3O2/c1-18-4-6-19(7-5-18)17-9-11(20)10-21-12-2-3-13(15)14(16)8-12/h2-3,8,11,17,20H,4-7,9-10H2,1H3. The van der Waals surface area contributed by atoms with Crippen molar-refractivity contribution in [3.63, 3.8) is 0 Å². The van der Waals surface area contributed by atoms with E-state index in [9.17, 15) is 5.11 Å². The van der Waals surface area contributed by atoms with Crippen molar-refractivity contribution in [3.05, 3.63) is 28.2 Å². The number of ether oxygens (including phenoxy) is 1. The Morgan fingerprint density at radius 1 is 1.24 bits per heavy atom. The van der Waals surface area contributed by atoms with Crippen LogP contribution < -0.4 is 10.2 Å². The quantitative estimate of drug-likeness (QED) is 0.825. The number of nitrogens with one attached hydrogen (secondary N) is 1. The van der Waals surface area contributed by atoms with Crippen molar-refractivity contribution in [2.75, 3.05) is 46.4 Å². The maximum Gasteiger partial charge on any atom is 0.121 e. The molecule has 21 heavy (non-hydrogen) atoms. The van der Waals surface area contributed by atoms with Gasteiger partial charge in [0.25, 0.3) is 0 Å². The fraction of sp³-hybridized carbons (Fsp3) is 0.571. The van der Waals surface area contributed by atoms with Crippen LogP contribution in [0.4, 0.5) is 0 Å². The van der Waals surface area contributed by atoms with E-state index >= 15 is 0 Å². The van der Waals surface area contributed by atoms with Crippen LogP contribution in [-0.2, 0) is 0 Å². The van der Waals surface area contributed by atoms with E-state index in [-0.39, 0.29) is 6.61 Å². The Kier molecular flexibility index (Phi) is 6.54. The fourth-order valence-corrected chi connectivity index (χ4v) is 2.31. The average Bonchev–Trinajstić information content (AvgIpc) is 2.48.